The highest BCUT2D eigenvalue weighted by Crippen LogP contribution is 2.33. The number of nitrogens with one attached hydrogen (secondary N) is 1. The highest BCUT2D eigenvalue weighted by molar-refractivity contribution is 5.85. The minimum Gasteiger partial charge on any atom is -0.489 e. The van der Waals surface area contributed by atoms with Gasteiger partial charge in [-0.15, -0.1) is 0 Å². The molecule has 0 radical (unpaired) electrons. The molecular weight excluding hydrogens is 390 g/mol. The molecule has 5 heteroatoms. The summed E-state index contributed by atoms with van der Waals surface area (Å²) < 4.78 is 5.78. The molecule has 1 aliphatic carbocycles. The van der Waals surface area contributed by atoms with Crippen molar-refractivity contribution < 1.29 is 19.4 Å². The predicted octanol–water partition coefficient (Wildman–Crippen LogP) is 4.84. The van der Waals surface area contributed by atoms with E-state index in [2.05, 4.69) is 19.2 Å². The maximum atomic E-state index is 12.7. The molecule has 0 heterocycles. The van der Waals surface area contributed by atoms with Gasteiger partial charge in [-0.05, 0) is 60.8 Å². The third kappa shape index (κ3) is 6.84. The molecule has 2 aromatic carbocycles. The highest BCUT2D eigenvalue weighted by Gasteiger charge is 2.30. The lowest BCUT2D eigenvalue weighted by atomic mass is 9.76. The number of carbonyl (C=O) groups is 2. The van der Waals surface area contributed by atoms with Crippen LogP contribution in [0.5, 0.6) is 5.75 Å². The molecule has 0 unspecified atom stereocenters. The van der Waals surface area contributed by atoms with Crippen LogP contribution >= 0.6 is 0 Å². The SMILES string of the molecule is CC(C)[C@H]1CC[C@H](C(=O)N[C@@H](Cc2ccc(OCc3ccccc3)cc2)C(=O)O)CC1. The zero-order valence-electron chi connectivity index (χ0n) is 18.4. The van der Waals surface area contributed by atoms with E-state index in [1.54, 1.807) is 0 Å². The standard InChI is InChI=1S/C26H33NO4/c1-18(2)21-10-12-22(13-11-21)25(28)27-24(26(29)30)16-19-8-14-23(15-9-19)31-17-20-6-4-3-5-7-20/h3-9,14-15,18,21-22,24H,10-13,16-17H2,1-2H3,(H,27,28)(H,29,30)/t21-,22-,24-/m0/s1. The fourth-order valence-corrected chi connectivity index (χ4v) is 4.24. The maximum absolute atomic E-state index is 12.7. The molecule has 2 aromatic rings. The smallest absolute Gasteiger partial charge is 0.326 e. The third-order valence-electron chi connectivity index (χ3n) is 6.31. The molecule has 1 atom stereocenters. The molecule has 0 saturated heterocycles. The summed E-state index contributed by atoms with van der Waals surface area (Å²) in [5, 5.41) is 12.4. The summed E-state index contributed by atoms with van der Waals surface area (Å²) in [6.45, 7) is 4.93. The first kappa shape index (κ1) is 22.9. The minimum absolute atomic E-state index is 0.0781. The Balaban J connectivity index is 1.51. The number of ether oxygens (including phenoxy) is 1. The second-order valence-electron chi connectivity index (χ2n) is 8.88. The first-order valence-corrected chi connectivity index (χ1v) is 11.2. The van der Waals surface area contributed by atoms with Crippen molar-refractivity contribution in [3.8, 4) is 5.75 Å². The van der Waals surface area contributed by atoms with Gasteiger partial charge in [0.25, 0.3) is 0 Å². The van der Waals surface area contributed by atoms with Crippen molar-refractivity contribution in [1.29, 1.82) is 0 Å². The Hall–Kier alpha value is -2.82. The number of benzene rings is 2. The minimum atomic E-state index is -1.01. The van der Waals surface area contributed by atoms with Gasteiger partial charge in [-0.25, -0.2) is 4.79 Å². The first-order valence-electron chi connectivity index (χ1n) is 11.2. The molecule has 0 spiro atoms. The summed E-state index contributed by atoms with van der Waals surface area (Å²) in [6, 6.07) is 16.4. The van der Waals surface area contributed by atoms with E-state index in [1.807, 2.05) is 54.6 Å². The lowest BCUT2D eigenvalue weighted by Crippen LogP contribution is -2.45. The second kappa shape index (κ2) is 11.0. The Morgan fingerprint density at radius 2 is 1.61 bits per heavy atom. The van der Waals surface area contributed by atoms with E-state index < -0.39 is 12.0 Å². The number of hydrogen-bond acceptors (Lipinski definition) is 3. The Labute approximate surface area is 184 Å². The number of rotatable bonds is 9. The van der Waals surface area contributed by atoms with Crippen molar-refractivity contribution in [2.24, 2.45) is 17.8 Å². The van der Waals surface area contributed by atoms with Gasteiger partial charge in [0, 0.05) is 12.3 Å². The number of hydrogen-bond donors (Lipinski definition) is 2. The van der Waals surface area contributed by atoms with E-state index >= 15 is 0 Å². The van der Waals surface area contributed by atoms with Crippen LogP contribution in [0.25, 0.3) is 0 Å². The predicted molar refractivity (Wildman–Crippen MR) is 121 cm³/mol. The van der Waals surface area contributed by atoms with Gasteiger partial charge in [0.15, 0.2) is 0 Å². The van der Waals surface area contributed by atoms with Crippen LogP contribution in [0.15, 0.2) is 54.6 Å². The molecule has 1 aliphatic rings. The fourth-order valence-electron chi connectivity index (χ4n) is 4.24. The van der Waals surface area contributed by atoms with Gasteiger partial charge in [0.1, 0.15) is 18.4 Å². The molecular formula is C26H33NO4. The molecule has 1 fully saturated rings. The third-order valence-corrected chi connectivity index (χ3v) is 6.31. The quantitative estimate of drug-likeness (QED) is 0.605. The molecule has 1 saturated carbocycles. The van der Waals surface area contributed by atoms with Crippen molar-refractivity contribution in [2.45, 2.75) is 58.6 Å². The Bertz CT molecular complexity index is 839. The van der Waals surface area contributed by atoms with E-state index in [4.69, 9.17) is 4.74 Å². The summed E-state index contributed by atoms with van der Waals surface area (Å²) >= 11 is 0. The van der Waals surface area contributed by atoms with Crippen molar-refractivity contribution in [1.82, 2.24) is 5.32 Å². The topological polar surface area (TPSA) is 75.6 Å². The largest absolute Gasteiger partial charge is 0.489 e. The van der Waals surface area contributed by atoms with Crippen LogP contribution in [-0.2, 0) is 22.6 Å². The number of carbonyl (C=O) groups excluding carboxylic acids is 1. The molecule has 3 rings (SSSR count). The molecule has 2 N–H and O–H groups in total. The first-order chi connectivity index (χ1) is 14.9. The molecule has 166 valence electrons. The monoisotopic (exact) mass is 423 g/mol. The van der Waals surface area contributed by atoms with Gasteiger partial charge in [-0.2, -0.15) is 0 Å². The lowest BCUT2D eigenvalue weighted by Gasteiger charge is -2.30. The molecule has 5 nitrogen and oxygen atoms in total. The van der Waals surface area contributed by atoms with Gasteiger partial charge in [-0.3, -0.25) is 4.79 Å². The number of aliphatic carboxylic acids is 1. The van der Waals surface area contributed by atoms with Crippen molar-refractivity contribution in [2.75, 3.05) is 0 Å². The van der Waals surface area contributed by atoms with E-state index in [9.17, 15) is 14.7 Å². The van der Waals surface area contributed by atoms with Crippen molar-refractivity contribution in [3.63, 3.8) is 0 Å². The van der Waals surface area contributed by atoms with Crippen LogP contribution in [-0.4, -0.2) is 23.0 Å². The Morgan fingerprint density at radius 3 is 2.19 bits per heavy atom. The molecule has 31 heavy (non-hydrogen) atoms. The molecule has 0 aliphatic heterocycles. The fraction of sp³-hybridized carbons (Fsp3) is 0.462. The van der Waals surface area contributed by atoms with Crippen molar-refractivity contribution >= 4 is 11.9 Å². The normalized spacial score (nSPS) is 19.6. The summed E-state index contributed by atoms with van der Waals surface area (Å²) in [4.78, 5) is 24.4. The lowest BCUT2D eigenvalue weighted by molar-refractivity contribution is -0.142. The Morgan fingerprint density at radius 1 is 0.968 bits per heavy atom. The van der Waals surface area contributed by atoms with Gasteiger partial charge in [-0.1, -0.05) is 56.3 Å². The van der Waals surface area contributed by atoms with Gasteiger partial charge < -0.3 is 15.2 Å². The zero-order valence-corrected chi connectivity index (χ0v) is 18.4. The van der Waals surface area contributed by atoms with Crippen LogP contribution in [0.3, 0.4) is 0 Å². The molecule has 1 amide bonds. The number of carboxylic acid groups (broad SMARTS) is 1. The van der Waals surface area contributed by atoms with Gasteiger partial charge >= 0.3 is 5.97 Å². The number of amides is 1. The van der Waals surface area contributed by atoms with Crippen LogP contribution < -0.4 is 10.1 Å². The highest BCUT2D eigenvalue weighted by atomic mass is 16.5. The molecule has 0 aromatic heterocycles. The summed E-state index contributed by atoms with van der Waals surface area (Å²) in [7, 11) is 0. The van der Waals surface area contributed by atoms with E-state index in [0.29, 0.717) is 18.4 Å². The van der Waals surface area contributed by atoms with Crippen LogP contribution in [0.1, 0.15) is 50.7 Å². The summed E-state index contributed by atoms with van der Waals surface area (Å²) in [6.07, 6.45) is 4.01. The van der Waals surface area contributed by atoms with Gasteiger partial charge in [0.2, 0.25) is 5.91 Å². The van der Waals surface area contributed by atoms with Crippen LogP contribution in [0.4, 0.5) is 0 Å². The number of carboxylic acids is 1. The van der Waals surface area contributed by atoms with E-state index in [-0.39, 0.29) is 18.2 Å². The average Bonchev–Trinajstić information content (AvgIpc) is 2.78. The zero-order chi connectivity index (χ0) is 22.2. The summed E-state index contributed by atoms with van der Waals surface area (Å²) in [5.74, 6) is 0.819. The van der Waals surface area contributed by atoms with Crippen LogP contribution in [0, 0.1) is 17.8 Å². The summed E-state index contributed by atoms with van der Waals surface area (Å²) in [5.41, 5.74) is 1.94. The van der Waals surface area contributed by atoms with E-state index in [0.717, 1.165) is 42.6 Å². The average molecular weight is 424 g/mol. The maximum Gasteiger partial charge on any atom is 0.326 e. The van der Waals surface area contributed by atoms with E-state index in [1.165, 1.54) is 0 Å². The second-order valence-corrected chi connectivity index (χ2v) is 8.88. The van der Waals surface area contributed by atoms with Crippen molar-refractivity contribution in [3.05, 3.63) is 65.7 Å². The van der Waals surface area contributed by atoms with Crippen LogP contribution in [0.2, 0.25) is 0 Å². The Kier molecular flexibility index (Phi) is 8.10. The molecule has 0 bridgehead atoms. The van der Waals surface area contributed by atoms with Gasteiger partial charge in [0.05, 0.1) is 0 Å².